The molecule has 4 heteroatoms. The molecule has 0 spiro atoms. The van der Waals surface area contributed by atoms with Crippen LogP contribution in [0.25, 0.3) is 34.4 Å². The first-order chi connectivity index (χ1) is 30.9. The van der Waals surface area contributed by atoms with Crippen LogP contribution < -0.4 is 0 Å². The first-order valence-electron chi connectivity index (χ1n) is 26.9. The van der Waals surface area contributed by atoms with Gasteiger partial charge in [0.2, 0.25) is 0 Å². The number of hydrogen-bond acceptors (Lipinski definition) is 0. The van der Waals surface area contributed by atoms with Gasteiger partial charge in [-0.1, -0.05) is 0 Å². The Morgan fingerprint density at radius 1 is 0.485 bits per heavy atom. The van der Waals surface area contributed by atoms with Gasteiger partial charge in [-0.15, -0.1) is 24.8 Å². The van der Waals surface area contributed by atoms with E-state index < -0.39 is 17.4 Å². The van der Waals surface area contributed by atoms with E-state index >= 15 is 0 Å². The number of hydrogen-bond donors (Lipinski definition) is 0. The molecule has 0 N–H and O–H groups in total. The summed E-state index contributed by atoms with van der Waals surface area (Å²) in [4.78, 5) is 0. The minimum absolute atomic E-state index is 0. The van der Waals surface area contributed by atoms with Crippen molar-refractivity contribution >= 4 is 43.8 Å². The quantitative estimate of drug-likeness (QED) is 0.124. The molecule has 10 aliphatic carbocycles. The van der Waals surface area contributed by atoms with Crippen LogP contribution in [0.5, 0.6) is 0 Å². The number of fused-ring (bicyclic) bond motifs is 2. The van der Waals surface area contributed by atoms with Gasteiger partial charge in [0.1, 0.15) is 0 Å². The van der Waals surface area contributed by atoms with Crippen molar-refractivity contribution in [2.75, 3.05) is 0 Å². The molecule has 0 aliphatic heterocycles. The van der Waals surface area contributed by atoms with E-state index in [1.165, 1.54) is 110 Å². The molecule has 8 fully saturated rings. The summed E-state index contributed by atoms with van der Waals surface area (Å²) in [5.74, 6) is 10.9. The van der Waals surface area contributed by atoms with Crippen LogP contribution in [0, 0.1) is 59.2 Å². The van der Waals surface area contributed by atoms with Gasteiger partial charge < -0.3 is 0 Å². The second kappa shape index (κ2) is 18.0. The fraction of sp³-hybridized carbons (Fsp3) is 0.548. The Bertz CT molecular complexity index is 2360. The zero-order valence-electron chi connectivity index (χ0n) is 41.2. The van der Waals surface area contributed by atoms with Gasteiger partial charge in [-0.25, -0.2) is 0 Å². The summed E-state index contributed by atoms with van der Waals surface area (Å²) >= 11 is -3.98. The Morgan fingerprint density at radius 2 is 0.818 bits per heavy atom. The molecule has 0 aromatic heterocycles. The van der Waals surface area contributed by atoms with Crippen molar-refractivity contribution in [1.29, 1.82) is 0 Å². The van der Waals surface area contributed by atoms with Crippen LogP contribution in [0.1, 0.15) is 170 Å². The maximum atomic E-state index is 2.98. The monoisotopic (exact) mass is 1010 g/mol. The molecule has 4 unspecified atom stereocenters. The fourth-order valence-electron chi connectivity index (χ4n) is 17.9. The molecule has 0 heterocycles. The van der Waals surface area contributed by atoms with Crippen molar-refractivity contribution in [3.8, 4) is 22.3 Å². The minimum atomic E-state index is -3.98. The second-order valence-corrected chi connectivity index (χ2v) is 55.8. The van der Waals surface area contributed by atoms with E-state index in [-0.39, 0.29) is 24.8 Å². The van der Waals surface area contributed by atoms with Crippen molar-refractivity contribution in [2.45, 2.75) is 146 Å². The SMILES string of the molecule is CCC(C)c1ccc(-c2cccc3c2C=C(CC2C4CC5CC(C4)CC2C5)[CH]3[Zr]([CH3])([CH3])(=[SiH2])[CH]2C(CC3C4CC5CC(C4)CC3C5)=Cc3c(-c4ccc(C(C)CC)cc4)cccc32)cc1.Cl.Cl. The Labute approximate surface area is 414 Å². The smallest absolute Gasteiger partial charge is 0.147 e. The first-order valence-corrected chi connectivity index (χ1v) is 40.5. The van der Waals surface area contributed by atoms with E-state index in [0.29, 0.717) is 19.1 Å². The second-order valence-electron chi connectivity index (χ2n) is 25.3. The third kappa shape index (κ3) is 7.99. The molecule has 66 heavy (non-hydrogen) atoms. The van der Waals surface area contributed by atoms with Gasteiger partial charge in [0.15, 0.2) is 0 Å². The molecular weight excluding hydrogens is 935 g/mol. The van der Waals surface area contributed by atoms with E-state index in [1.807, 2.05) is 11.1 Å². The Hall–Kier alpha value is -1.96. The first kappa shape index (κ1) is 47.7. The zero-order chi connectivity index (χ0) is 43.7. The molecule has 10 aliphatic rings. The van der Waals surface area contributed by atoms with Crippen LogP contribution >= 0.6 is 24.8 Å². The summed E-state index contributed by atoms with van der Waals surface area (Å²) < 4.78 is 7.11. The molecule has 350 valence electrons. The van der Waals surface area contributed by atoms with Gasteiger partial charge in [0.05, 0.1) is 0 Å². The number of rotatable bonds is 12. The molecule has 0 radical (unpaired) electrons. The van der Waals surface area contributed by atoms with Gasteiger partial charge in [-0.2, -0.15) is 0 Å². The molecule has 4 atom stereocenters. The summed E-state index contributed by atoms with van der Waals surface area (Å²) in [6.45, 7) is 12.1. The number of benzene rings is 4. The van der Waals surface area contributed by atoms with Gasteiger partial charge in [0, 0.05) is 0 Å². The standard InChI is InChI=1S/2C30H35.2CH3.2ClH.H2Si.Zr/c2*1-3-19(2)23-7-9-24(10-8-23)28-6-4-5-25-12-22(18-30(25)28)17-29-26-13-20-11-21(15-26)16-27(29)14-20;;;;;;/h2*4-10,12,18-21,26-27,29H,3,11,13-17H2,1-2H3;2*1H3;2*1H;1H2;. The van der Waals surface area contributed by atoms with E-state index in [1.54, 1.807) is 35.1 Å². The predicted octanol–water partition coefficient (Wildman–Crippen LogP) is 17.7. The average Bonchev–Trinajstić information content (AvgIpc) is 3.88. The van der Waals surface area contributed by atoms with Crippen LogP contribution in [-0.4, -0.2) is 6.88 Å². The van der Waals surface area contributed by atoms with Crippen LogP contribution in [-0.2, 0) is 17.4 Å². The maximum Gasteiger partial charge on any atom is -0.147 e. The third-order valence-electron chi connectivity index (χ3n) is 20.8. The molecule has 0 saturated heterocycles. The van der Waals surface area contributed by atoms with Crippen LogP contribution in [0.15, 0.2) is 96.1 Å². The Balaban J connectivity index is 0.00000256. The predicted molar refractivity (Wildman–Crippen MR) is 288 cm³/mol. The number of halogens is 2. The normalized spacial score (nSPS) is 33.1. The van der Waals surface area contributed by atoms with Crippen LogP contribution in [0.2, 0.25) is 9.26 Å². The molecule has 4 aromatic rings. The van der Waals surface area contributed by atoms with Crippen molar-refractivity contribution in [3.63, 3.8) is 0 Å². The zero-order valence-corrected chi connectivity index (χ0v) is 46.7. The van der Waals surface area contributed by atoms with Crippen LogP contribution in [0.3, 0.4) is 0 Å². The summed E-state index contributed by atoms with van der Waals surface area (Å²) in [6, 6.07) is 34.8. The third-order valence-corrected chi connectivity index (χ3v) is 38.3. The maximum absolute atomic E-state index is 3.98. The molecule has 8 bridgehead atoms. The van der Waals surface area contributed by atoms with Gasteiger partial charge in [-0.05, 0) is 0 Å². The van der Waals surface area contributed by atoms with Crippen molar-refractivity contribution < 1.29 is 17.4 Å². The van der Waals surface area contributed by atoms with Crippen molar-refractivity contribution in [3.05, 3.63) is 129 Å². The summed E-state index contributed by atoms with van der Waals surface area (Å²) in [6.07, 6.45) is 26.0. The Kier molecular flexibility index (Phi) is 13.0. The van der Waals surface area contributed by atoms with E-state index in [2.05, 4.69) is 141 Å². The fourth-order valence-corrected chi connectivity index (χ4v) is 37.7. The molecule has 4 aromatic carbocycles. The Morgan fingerprint density at radius 3 is 1.14 bits per heavy atom. The van der Waals surface area contributed by atoms with Gasteiger partial charge in [-0.3, -0.25) is 0 Å². The molecule has 8 saturated carbocycles. The molecule has 0 nitrogen and oxygen atoms in total. The molecule has 14 rings (SSSR count). The minimum Gasteiger partial charge on any atom is -0.147 e. The van der Waals surface area contributed by atoms with Gasteiger partial charge in [0.25, 0.3) is 0 Å². The van der Waals surface area contributed by atoms with Crippen molar-refractivity contribution in [2.24, 2.45) is 59.2 Å². The van der Waals surface area contributed by atoms with E-state index in [9.17, 15) is 0 Å². The summed E-state index contributed by atoms with van der Waals surface area (Å²) in [5, 5.41) is 0. The summed E-state index contributed by atoms with van der Waals surface area (Å²) in [7, 11) is 0. The number of allylic oxidation sites excluding steroid dienone is 2. The largest absolute Gasteiger partial charge is 0.147 e. The van der Waals surface area contributed by atoms with Crippen LogP contribution in [0.4, 0.5) is 0 Å². The topological polar surface area (TPSA) is 0 Å². The van der Waals surface area contributed by atoms with E-state index in [0.717, 1.165) is 59.2 Å². The van der Waals surface area contributed by atoms with Crippen molar-refractivity contribution in [1.82, 2.24) is 0 Å². The molecular formula is C62H80Cl2SiZr. The van der Waals surface area contributed by atoms with Gasteiger partial charge >= 0.3 is 393 Å². The summed E-state index contributed by atoms with van der Waals surface area (Å²) in [5.41, 5.74) is 19.0. The molecule has 0 amide bonds. The average molecular weight is 1020 g/mol. The van der Waals surface area contributed by atoms with E-state index in [4.69, 9.17) is 0 Å².